The van der Waals surface area contributed by atoms with Crippen molar-refractivity contribution in [2.45, 2.75) is 19.6 Å². The van der Waals surface area contributed by atoms with Gasteiger partial charge in [-0.3, -0.25) is 14.8 Å². The first-order valence-electron chi connectivity index (χ1n) is 9.53. The van der Waals surface area contributed by atoms with Crippen LogP contribution in [0.2, 0.25) is 5.02 Å². The van der Waals surface area contributed by atoms with Crippen molar-refractivity contribution >= 4 is 29.3 Å². The van der Waals surface area contributed by atoms with E-state index in [-0.39, 0.29) is 18.6 Å². The van der Waals surface area contributed by atoms with Crippen molar-refractivity contribution in [3.05, 3.63) is 76.4 Å². The van der Waals surface area contributed by atoms with Gasteiger partial charge >= 0.3 is 6.09 Å². The summed E-state index contributed by atoms with van der Waals surface area (Å²) in [6.07, 6.45) is -0.561. The van der Waals surface area contributed by atoms with Crippen LogP contribution in [-0.2, 0) is 18.4 Å². The molecule has 0 aliphatic rings. The summed E-state index contributed by atoms with van der Waals surface area (Å²) in [5.41, 5.74) is 2.69. The summed E-state index contributed by atoms with van der Waals surface area (Å²) in [5.74, 6) is 0.109. The van der Waals surface area contributed by atoms with Gasteiger partial charge in [0, 0.05) is 23.8 Å². The first-order chi connectivity index (χ1) is 14.9. The molecule has 1 heterocycles. The molecule has 1 aromatic heterocycles. The lowest BCUT2D eigenvalue weighted by Gasteiger charge is -2.15. The Morgan fingerprint density at radius 2 is 1.81 bits per heavy atom. The predicted molar refractivity (Wildman–Crippen MR) is 117 cm³/mol. The third-order valence-electron chi connectivity index (χ3n) is 4.59. The molecule has 2 N–H and O–H groups in total. The molecule has 2 aromatic carbocycles. The Kier molecular flexibility index (Phi) is 7.15. The smallest absolute Gasteiger partial charge is 0.411 e. The quantitative estimate of drug-likeness (QED) is 0.568. The van der Waals surface area contributed by atoms with E-state index in [1.807, 2.05) is 19.1 Å². The van der Waals surface area contributed by atoms with Gasteiger partial charge in [0.2, 0.25) is 5.88 Å². The molecule has 2 amide bonds. The molecule has 3 aromatic rings. The number of amides is 2. The number of nitrogens with one attached hydrogen (secondary N) is 2. The highest BCUT2D eigenvalue weighted by Gasteiger charge is 2.17. The Bertz CT molecular complexity index is 1050. The minimum atomic E-state index is -0.561. The highest BCUT2D eigenvalue weighted by molar-refractivity contribution is 6.30. The largest absolute Gasteiger partial charge is 0.480 e. The van der Waals surface area contributed by atoms with E-state index < -0.39 is 6.09 Å². The van der Waals surface area contributed by atoms with Gasteiger partial charge in [0.25, 0.3) is 5.91 Å². The molecule has 0 unspecified atom stereocenters. The third kappa shape index (κ3) is 5.99. The normalized spacial score (nSPS) is 11.5. The van der Waals surface area contributed by atoms with Crippen LogP contribution in [0.1, 0.15) is 34.6 Å². The van der Waals surface area contributed by atoms with Gasteiger partial charge in [-0.2, -0.15) is 0 Å². The molecule has 0 aliphatic heterocycles. The second kappa shape index (κ2) is 9.99. The van der Waals surface area contributed by atoms with E-state index in [1.54, 1.807) is 49.5 Å². The second-order valence-electron chi connectivity index (χ2n) is 6.84. The minimum Gasteiger partial charge on any atom is -0.480 e. The summed E-state index contributed by atoms with van der Waals surface area (Å²) in [5, 5.41) is 10.3. The summed E-state index contributed by atoms with van der Waals surface area (Å²) in [4.78, 5) is 24.5. The summed E-state index contributed by atoms with van der Waals surface area (Å²) in [6.45, 7) is 2.01. The molecule has 9 heteroatoms. The number of halogens is 1. The Morgan fingerprint density at radius 3 is 2.42 bits per heavy atom. The van der Waals surface area contributed by atoms with Crippen LogP contribution in [-0.4, -0.2) is 28.9 Å². The van der Waals surface area contributed by atoms with E-state index in [0.717, 1.165) is 11.1 Å². The van der Waals surface area contributed by atoms with E-state index in [1.165, 1.54) is 11.8 Å². The molecule has 1 atom stereocenters. The predicted octanol–water partition coefficient (Wildman–Crippen LogP) is 4.32. The van der Waals surface area contributed by atoms with Crippen LogP contribution in [0.15, 0.2) is 54.6 Å². The highest BCUT2D eigenvalue weighted by Crippen LogP contribution is 2.18. The van der Waals surface area contributed by atoms with E-state index in [0.29, 0.717) is 22.3 Å². The second-order valence-corrected chi connectivity index (χ2v) is 7.28. The molecule has 162 valence electrons. The zero-order valence-corrected chi connectivity index (χ0v) is 18.1. The Morgan fingerprint density at radius 1 is 1.13 bits per heavy atom. The fourth-order valence-electron chi connectivity index (χ4n) is 2.85. The number of aryl methyl sites for hydroxylation is 1. The number of benzene rings is 2. The van der Waals surface area contributed by atoms with Gasteiger partial charge in [-0.05, 0) is 42.3 Å². The number of anilines is 1. The number of hydrogen-bond acceptors (Lipinski definition) is 5. The lowest BCUT2D eigenvalue weighted by molar-refractivity contribution is 0.0930. The van der Waals surface area contributed by atoms with Crippen molar-refractivity contribution in [1.82, 2.24) is 15.1 Å². The molecule has 3 rings (SSSR count). The topological polar surface area (TPSA) is 94.5 Å². The molecule has 31 heavy (non-hydrogen) atoms. The number of aromatic nitrogens is 2. The lowest BCUT2D eigenvalue weighted by atomic mass is 10.1. The van der Waals surface area contributed by atoms with Gasteiger partial charge < -0.3 is 14.8 Å². The van der Waals surface area contributed by atoms with Gasteiger partial charge in [-0.15, -0.1) is 5.10 Å². The fourth-order valence-corrected chi connectivity index (χ4v) is 2.97. The van der Waals surface area contributed by atoms with E-state index in [2.05, 4.69) is 15.7 Å². The summed E-state index contributed by atoms with van der Waals surface area (Å²) in [6, 6.07) is 15.5. The molecule has 0 saturated carbocycles. The molecule has 0 fully saturated rings. The van der Waals surface area contributed by atoms with Crippen LogP contribution in [0.3, 0.4) is 0 Å². The van der Waals surface area contributed by atoms with Crippen LogP contribution in [0.25, 0.3) is 0 Å². The molecule has 0 spiro atoms. The standard InChI is InChI=1S/C22H23ClN4O4/c1-14(24-21(28)19-12-20(30-3)26-27(19)2)16-6-10-18(11-7-16)25-22(29)31-13-15-4-8-17(23)9-5-15/h4-12,14H,13H2,1-3H3,(H,24,28)(H,25,29)/t14-/m0/s1. The van der Waals surface area contributed by atoms with Crippen LogP contribution in [0, 0.1) is 0 Å². The summed E-state index contributed by atoms with van der Waals surface area (Å²) >= 11 is 5.84. The molecule has 0 aliphatic carbocycles. The highest BCUT2D eigenvalue weighted by atomic mass is 35.5. The monoisotopic (exact) mass is 442 g/mol. The molecule has 0 radical (unpaired) electrons. The molecular formula is C22H23ClN4O4. The lowest BCUT2D eigenvalue weighted by Crippen LogP contribution is -2.28. The number of carbonyl (C=O) groups is 2. The molecule has 0 bridgehead atoms. The average molecular weight is 443 g/mol. The average Bonchev–Trinajstić information content (AvgIpc) is 3.14. The zero-order valence-electron chi connectivity index (χ0n) is 17.4. The Labute approximate surface area is 185 Å². The number of methoxy groups -OCH3 is 1. The van der Waals surface area contributed by atoms with Crippen molar-refractivity contribution in [3.8, 4) is 5.88 Å². The molecule has 0 saturated heterocycles. The minimum absolute atomic E-state index is 0.142. The van der Waals surface area contributed by atoms with Crippen LogP contribution < -0.4 is 15.4 Å². The van der Waals surface area contributed by atoms with E-state index >= 15 is 0 Å². The fraction of sp³-hybridized carbons (Fsp3) is 0.227. The number of ether oxygens (including phenoxy) is 2. The Balaban J connectivity index is 1.52. The van der Waals surface area contributed by atoms with Crippen molar-refractivity contribution in [2.75, 3.05) is 12.4 Å². The van der Waals surface area contributed by atoms with Crippen molar-refractivity contribution < 1.29 is 19.1 Å². The van der Waals surface area contributed by atoms with Crippen LogP contribution in [0.4, 0.5) is 10.5 Å². The van der Waals surface area contributed by atoms with E-state index in [4.69, 9.17) is 21.1 Å². The summed E-state index contributed by atoms with van der Waals surface area (Å²) in [7, 11) is 3.17. The number of hydrogen-bond donors (Lipinski definition) is 2. The van der Waals surface area contributed by atoms with Gasteiger partial charge in [0.15, 0.2) is 0 Å². The SMILES string of the molecule is COc1cc(C(=O)N[C@@H](C)c2ccc(NC(=O)OCc3ccc(Cl)cc3)cc2)n(C)n1. The van der Waals surface area contributed by atoms with Gasteiger partial charge in [-0.25, -0.2) is 4.79 Å². The maximum atomic E-state index is 12.5. The Hall–Kier alpha value is -3.52. The van der Waals surface area contributed by atoms with Crippen LogP contribution >= 0.6 is 11.6 Å². The van der Waals surface area contributed by atoms with Gasteiger partial charge in [0.05, 0.1) is 13.2 Å². The maximum Gasteiger partial charge on any atom is 0.411 e. The van der Waals surface area contributed by atoms with Crippen molar-refractivity contribution in [1.29, 1.82) is 0 Å². The van der Waals surface area contributed by atoms with Crippen molar-refractivity contribution in [2.24, 2.45) is 7.05 Å². The van der Waals surface area contributed by atoms with Gasteiger partial charge in [0.1, 0.15) is 12.3 Å². The molecule has 8 nitrogen and oxygen atoms in total. The van der Waals surface area contributed by atoms with Crippen molar-refractivity contribution in [3.63, 3.8) is 0 Å². The zero-order chi connectivity index (χ0) is 22.4. The maximum absolute atomic E-state index is 12.5. The van der Waals surface area contributed by atoms with Gasteiger partial charge in [-0.1, -0.05) is 35.9 Å². The first-order valence-corrected chi connectivity index (χ1v) is 9.90. The number of carbonyl (C=O) groups excluding carboxylic acids is 2. The number of rotatable bonds is 7. The third-order valence-corrected chi connectivity index (χ3v) is 4.84. The summed E-state index contributed by atoms with van der Waals surface area (Å²) < 4.78 is 11.7. The number of nitrogens with zero attached hydrogens (tertiary/aromatic N) is 2. The molecular weight excluding hydrogens is 420 g/mol. The first kappa shape index (κ1) is 22.2. The van der Waals surface area contributed by atoms with E-state index in [9.17, 15) is 9.59 Å². The van der Waals surface area contributed by atoms with Crippen LogP contribution in [0.5, 0.6) is 5.88 Å².